The van der Waals surface area contributed by atoms with Gasteiger partial charge in [0.1, 0.15) is 23.0 Å². The number of rotatable bonds is 12. The normalized spacial score (nSPS) is 10.9. The summed E-state index contributed by atoms with van der Waals surface area (Å²) >= 11 is 0. The Balaban J connectivity index is 1.93. The maximum absolute atomic E-state index is 12.2. The fourth-order valence-electron chi connectivity index (χ4n) is 6.32. The molecule has 0 aromatic heterocycles. The summed E-state index contributed by atoms with van der Waals surface area (Å²) in [5.41, 5.74) is 7.50. The second-order valence-electron chi connectivity index (χ2n) is 13.5. The molecule has 0 unspecified atom stereocenters. The molecule has 18 heteroatoms. The highest BCUT2D eigenvalue weighted by Crippen LogP contribution is 2.42. The summed E-state index contributed by atoms with van der Waals surface area (Å²) in [6.45, 7) is 13.4. The van der Waals surface area contributed by atoms with Crippen LogP contribution < -0.4 is 26.2 Å². The fraction of sp³-hybridized carbons (Fsp3) is 0.211. The lowest BCUT2D eigenvalue weighted by Crippen LogP contribution is -2.59. The molecule has 0 heterocycles. The molecule has 0 radical (unpaired) electrons. The zero-order valence-electron chi connectivity index (χ0n) is 31.7. The second-order valence-corrected chi connectivity index (χ2v) is 13.5. The number of anilines is 5. The number of aryl methyl sites for hydroxylation is 8. The van der Waals surface area contributed by atoms with Crippen molar-refractivity contribution in [1.82, 2.24) is 0 Å². The van der Waals surface area contributed by atoms with Crippen LogP contribution in [0.3, 0.4) is 0 Å². The van der Waals surface area contributed by atoms with Gasteiger partial charge in [0.05, 0.1) is 43.2 Å². The number of phenols is 4. The Labute approximate surface area is 320 Å². The van der Waals surface area contributed by atoms with E-state index in [2.05, 4.69) is 10.9 Å². The van der Waals surface area contributed by atoms with E-state index in [1.165, 1.54) is 15.4 Å². The number of nitrogens with zero attached hydrogens (tertiary/aromatic N) is 6. The average Bonchev–Trinajstić information content (AvgIpc) is 3.12. The standard InChI is InChI=1S/C38H40N8O10/c1-19-9-27(10-20(2)35(19)47)39-41(29-11-21(3)36(48)22(4)12-29)43(31-15-25(7)38(50)26(8)16-31)42(30-13-23(5)37(49)24(6)14-30)40-28-17-32(44(51)52)34(46(55)56)33(18-28)45(53)54/h9-18,39-40,47-50H,1-8H3. The topological polar surface area (TPSA) is 244 Å². The minimum Gasteiger partial charge on any atom is -0.507 e. The molecule has 5 rings (SSSR count). The van der Waals surface area contributed by atoms with Gasteiger partial charge in [0.15, 0.2) is 0 Å². The van der Waals surface area contributed by atoms with Crippen molar-refractivity contribution in [2.75, 3.05) is 26.2 Å². The van der Waals surface area contributed by atoms with Gasteiger partial charge in [-0.1, -0.05) is 0 Å². The molecule has 0 aliphatic heterocycles. The Morgan fingerprint density at radius 1 is 0.429 bits per heavy atom. The van der Waals surface area contributed by atoms with E-state index >= 15 is 0 Å². The summed E-state index contributed by atoms with van der Waals surface area (Å²) in [5, 5.41) is 83.8. The quantitative estimate of drug-likeness (QED) is 0.0396. The first-order valence-corrected chi connectivity index (χ1v) is 17.0. The first-order chi connectivity index (χ1) is 26.2. The lowest BCUT2D eigenvalue weighted by atomic mass is 10.1. The van der Waals surface area contributed by atoms with Crippen molar-refractivity contribution < 1.29 is 35.2 Å². The van der Waals surface area contributed by atoms with E-state index in [9.17, 15) is 50.8 Å². The van der Waals surface area contributed by atoms with Crippen molar-refractivity contribution in [2.24, 2.45) is 0 Å². The monoisotopic (exact) mass is 768 g/mol. The smallest absolute Gasteiger partial charge is 0.422 e. The van der Waals surface area contributed by atoms with E-state index in [1.54, 1.807) is 104 Å². The Hall–Kier alpha value is -7.50. The number of hydrogen-bond acceptors (Lipinski definition) is 15. The number of hydrazine groups is 4. The Bertz CT molecular complexity index is 2310. The first kappa shape index (κ1) is 39.7. The summed E-state index contributed by atoms with van der Waals surface area (Å²) in [7, 11) is 0. The van der Waals surface area contributed by atoms with E-state index < -0.39 is 31.8 Å². The molecule has 0 aliphatic carbocycles. The number of hydrogen-bond donors (Lipinski definition) is 6. The van der Waals surface area contributed by atoms with Crippen LogP contribution in [-0.2, 0) is 0 Å². The zero-order valence-corrected chi connectivity index (χ0v) is 31.7. The number of benzene rings is 5. The van der Waals surface area contributed by atoms with Crippen molar-refractivity contribution in [2.45, 2.75) is 55.4 Å². The predicted octanol–water partition coefficient (Wildman–Crippen LogP) is 8.40. The van der Waals surface area contributed by atoms with E-state index in [1.807, 2.05) is 0 Å². The van der Waals surface area contributed by atoms with E-state index in [-0.39, 0.29) is 34.4 Å². The third kappa shape index (κ3) is 7.61. The fourth-order valence-corrected chi connectivity index (χ4v) is 6.32. The molecule has 0 saturated carbocycles. The number of nitrogens with one attached hydrogen (secondary N) is 2. The van der Waals surface area contributed by atoms with Gasteiger partial charge in [-0.3, -0.25) is 41.2 Å². The zero-order chi connectivity index (χ0) is 41.5. The van der Waals surface area contributed by atoms with Crippen molar-refractivity contribution in [3.8, 4) is 23.0 Å². The maximum Gasteiger partial charge on any atom is 0.422 e. The summed E-state index contributed by atoms with van der Waals surface area (Å²) in [6, 6.07) is 14.7. The van der Waals surface area contributed by atoms with Crippen LogP contribution in [0.25, 0.3) is 0 Å². The summed E-state index contributed by atoms with van der Waals surface area (Å²) in [4.78, 5) is 32.9. The van der Waals surface area contributed by atoms with E-state index in [0.717, 1.165) is 12.1 Å². The predicted molar refractivity (Wildman–Crippen MR) is 211 cm³/mol. The SMILES string of the molecule is Cc1cc(NN(c2cc(C)c(O)c(C)c2)N(c2cc(C)c(O)c(C)c2)N(Nc2cc([N+](=O)[O-])c([N+](=O)[O-])c([N+](=O)[O-])c2)c2cc(C)c(O)c(C)c2)cc(C)c1O. The molecule has 0 saturated heterocycles. The molecule has 56 heavy (non-hydrogen) atoms. The van der Waals surface area contributed by atoms with Gasteiger partial charge in [0.25, 0.3) is 0 Å². The molecule has 0 aliphatic rings. The molecule has 0 amide bonds. The van der Waals surface area contributed by atoms with Gasteiger partial charge in [-0.25, -0.2) is 0 Å². The summed E-state index contributed by atoms with van der Waals surface area (Å²) < 4.78 is 0. The van der Waals surface area contributed by atoms with Crippen LogP contribution in [0.4, 0.5) is 45.5 Å². The highest BCUT2D eigenvalue weighted by atomic mass is 16.6. The Morgan fingerprint density at radius 3 is 0.982 bits per heavy atom. The molecular weight excluding hydrogens is 728 g/mol. The average molecular weight is 769 g/mol. The second kappa shape index (κ2) is 15.1. The number of phenolic OH excluding ortho intramolecular Hbond substituents is 4. The van der Waals surface area contributed by atoms with Crippen molar-refractivity contribution >= 4 is 45.5 Å². The van der Waals surface area contributed by atoms with Gasteiger partial charge in [-0.2, -0.15) is 15.4 Å². The highest BCUT2D eigenvalue weighted by Gasteiger charge is 2.38. The van der Waals surface area contributed by atoms with Gasteiger partial charge >= 0.3 is 17.1 Å². The molecule has 5 aromatic carbocycles. The van der Waals surface area contributed by atoms with Gasteiger partial charge in [-0.15, -0.1) is 0 Å². The first-order valence-electron chi connectivity index (χ1n) is 17.0. The lowest BCUT2D eigenvalue weighted by Gasteiger charge is -2.45. The third-order valence-corrected chi connectivity index (χ3v) is 9.13. The molecular formula is C38H40N8O10. The summed E-state index contributed by atoms with van der Waals surface area (Å²) in [6.07, 6.45) is 0. The third-order valence-electron chi connectivity index (χ3n) is 9.13. The van der Waals surface area contributed by atoms with E-state index in [4.69, 9.17) is 0 Å². The van der Waals surface area contributed by atoms with Gasteiger partial charge in [0, 0.05) is 12.1 Å². The Kier molecular flexibility index (Phi) is 10.7. The number of nitro benzene ring substituents is 3. The van der Waals surface area contributed by atoms with Crippen LogP contribution in [-0.4, -0.2) is 35.2 Å². The summed E-state index contributed by atoms with van der Waals surface area (Å²) in [5.74, 6) is 0.0534. The molecule has 5 aromatic rings. The molecule has 6 N–H and O–H groups in total. The molecule has 292 valence electrons. The minimum atomic E-state index is -1.31. The van der Waals surface area contributed by atoms with Gasteiger partial charge in [-0.05, 0) is 148 Å². The van der Waals surface area contributed by atoms with Gasteiger partial charge in [0.2, 0.25) is 0 Å². The van der Waals surface area contributed by atoms with Crippen LogP contribution in [0.1, 0.15) is 44.5 Å². The number of aromatic hydroxyl groups is 4. The highest BCUT2D eigenvalue weighted by molar-refractivity contribution is 5.77. The van der Waals surface area contributed by atoms with Crippen LogP contribution in [0, 0.1) is 85.7 Å². The van der Waals surface area contributed by atoms with Gasteiger partial charge < -0.3 is 20.4 Å². The largest absolute Gasteiger partial charge is 0.507 e. The molecule has 0 fully saturated rings. The lowest BCUT2D eigenvalue weighted by molar-refractivity contribution is -0.440. The molecule has 0 spiro atoms. The number of nitro groups is 3. The van der Waals surface area contributed by atoms with Crippen LogP contribution in [0.5, 0.6) is 23.0 Å². The molecule has 0 atom stereocenters. The molecule has 18 nitrogen and oxygen atoms in total. The maximum atomic E-state index is 12.2. The Morgan fingerprint density at radius 2 is 0.696 bits per heavy atom. The van der Waals surface area contributed by atoms with Crippen molar-refractivity contribution in [3.05, 3.63) is 136 Å². The van der Waals surface area contributed by atoms with Crippen LogP contribution in [0.2, 0.25) is 0 Å². The van der Waals surface area contributed by atoms with Crippen LogP contribution in [0.15, 0.2) is 60.7 Å². The van der Waals surface area contributed by atoms with E-state index in [0.29, 0.717) is 61.6 Å². The minimum absolute atomic E-state index is 0.00762. The van der Waals surface area contributed by atoms with Crippen molar-refractivity contribution in [1.29, 1.82) is 0 Å². The van der Waals surface area contributed by atoms with Crippen LogP contribution >= 0.6 is 0 Å². The van der Waals surface area contributed by atoms with Crippen molar-refractivity contribution in [3.63, 3.8) is 0 Å². The molecule has 0 bridgehead atoms.